The molecule has 0 fully saturated rings. The first kappa shape index (κ1) is 64.0. The third kappa shape index (κ3) is 32.9. The van der Waals surface area contributed by atoms with Gasteiger partial charge in [-0.15, -0.1) is 0 Å². The van der Waals surface area contributed by atoms with Crippen LogP contribution in [0.15, 0.2) is 119 Å². The highest BCUT2D eigenvalue weighted by Gasteiger charge is 2.16. The maximum Gasteiger partial charge on any atom is 0.104 e. The van der Waals surface area contributed by atoms with Crippen LogP contribution in [0, 0.1) is 0 Å². The van der Waals surface area contributed by atoms with Gasteiger partial charge in [0.2, 0.25) is 0 Å². The van der Waals surface area contributed by atoms with Gasteiger partial charge in [-0.2, -0.15) is 0 Å². The van der Waals surface area contributed by atoms with Crippen molar-refractivity contribution in [3.8, 4) is 0 Å². The summed E-state index contributed by atoms with van der Waals surface area (Å²) < 4.78 is 14.4. The smallest absolute Gasteiger partial charge is 0.104 e. The predicted octanol–water partition coefficient (Wildman–Crippen LogP) is 15.1. The molecule has 0 radical (unpaired) electrons. The number of carboxylic acid groups (broad SMARTS) is 2. The summed E-state index contributed by atoms with van der Waals surface area (Å²) in [5, 5.41) is 21.2. The standard InChI is InChI=1S/2C25H46N.C14H10O5S/c2*1-4-5-6-7-8-9-10-11-12-13-14-15-16-20-23-26(2,3)24-25-21-18-17-19-22-25;15-13(16)9-1-5-11(6-2-9)20(19)12-7-3-10(4-8-12)14(17)18/h2*17-19,21-22H,4-16,20,23-24H2,1-3H3;1-8H,(H,15,16)(H,17,18)/q2*+1;/p-2. The van der Waals surface area contributed by atoms with Crippen molar-refractivity contribution < 1.29 is 33.0 Å². The molecule has 402 valence electrons. The van der Waals surface area contributed by atoms with Gasteiger partial charge in [0.15, 0.2) is 0 Å². The largest absolute Gasteiger partial charge is 0.545 e. The number of carbonyl (C=O) groups excluding carboxylic acids is 2. The van der Waals surface area contributed by atoms with Crippen molar-refractivity contribution in [2.45, 2.75) is 217 Å². The summed E-state index contributed by atoms with van der Waals surface area (Å²) in [5.41, 5.74) is 2.92. The van der Waals surface area contributed by atoms with Crippen LogP contribution in [0.5, 0.6) is 0 Å². The van der Waals surface area contributed by atoms with E-state index >= 15 is 0 Å². The first-order valence-corrected chi connectivity index (χ1v) is 29.7. The topological polar surface area (TPSA) is 97.3 Å². The third-order valence-corrected chi connectivity index (χ3v) is 15.1. The molecule has 0 N–H and O–H groups in total. The Hall–Kier alpha value is -4.11. The van der Waals surface area contributed by atoms with Crippen molar-refractivity contribution in [2.75, 3.05) is 41.3 Å². The zero-order chi connectivity index (χ0) is 52.6. The van der Waals surface area contributed by atoms with Crippen LogP contribution >= 0.6 is 0 Å². The lowest BCUT2D eigenvalue weighted by Gasteiger charge is -2.30. The Kier molecular flexibility index (Phi) is 35.8. The van der Waals surface area contributed by atoms with Gasteiger partial charge in [-0.3, -0.25) is 0 Å². The van der Waals surface area contributed by atoms with E-state index in [2.05, 4.69) is 103 Å². The molecule has 7 nitrogen and oxygen atoms in total. The lowest BCUT2D eigenvalue weighted by Crippen LogP contribution is -2.39. The quantitative estimate of drug-likeness (QED) is 0.0329. The molecule has 0 aliphatic heterocycles. The van der Waals surface area contributed by atoms with Crippen molar-refractivity contribution in [3.05, 3.63) is 131 Å². The van der Waals surface area contributed by atoms with Gasteiger partial charge in [-0.25, -0.2) is 4.21 Å². The number of carbonyl (C=O) groups is 2. The van der Waals surface area contributed by atoms with E-state index in [-0.39, 0.29) is 11.1 Å². The fourth-order valence-corrected chi connectivity index (χ4v) is 10.4. The van der Waals surface area contributed by atoms with Crippen LogP contribution in [0.1, 0.15) is 225 Å². The molecule has 4 aromatic rings. The van der Waals surface area contributed by atoms with E-state index in [4.69, 9.17) is 0 Å². The molecule has 4 aromatic carbocycles. The number of hydrogen-bond acceptors (Lipinski definition) is 5. The second kappa shape index (κ2) is 40.3. The number of benzene rings is 4. The SMILES string of the molecule is CCCCCCCCCCCCCCCC[N+](C)(C)Cc1ccccc1.CCCCCCCCCCCCCCCC[N+](C)(C)Cc1ccccc1.O=C([O-])c1ccc(S(=O)c2ccc(C(=O)[O-])cc2)cc1. The summed E-state index contributed by atoms with van der Waals surface area (Å²) in [5.74, 6) is -2.61. The van der Waals surface area contributed by atoms with Gasteiger partial charge in [-0.05, 0) is 61.1 Å². The van der Waals surface area contributed by atoms with Crippen LogP contribution in [0.2, 0.25) is 0 Å². The van der Waals surface area contributed by atoms with Gasteiger partial charge in [0.05, 0.1) is 64.0 Å². The fraction of sp³-hybridized carbons (Fsp3) is 0.594. The molecule has 8 heteroatoms. The van der Waals surface area contributed by atoms with Crippen LogP contribution in [-0.2, 0) is 23.9 Å². The molecular weight excluding hydrogens is 909 g/mol. The maximum atomic E-state index is 12.2. The number of rotatable bonds is 38. The lowest BCUT2D eigenvalue weighted by molar-refractivity contribution is -0.903. The minimum atomic E-state index is -1.52. The minimum Gasteiger partial charge on any atom is -0.545 e. The van der Waals surface area contributed by atoms with E-state index in [0.717, 1.165) is 22.1 Å². The third-order valence-electron chi connectivity index (χ3n) is 13.7. The first-order valence-electron chi connectivity index (χ1n) is 28.5. The molecule has 0 heterocycles. The molecule has 72 heavy (non-hydrogen) atoms. The Labute approximate surface area is 442 Å². The summed E-state index contributed by atoms with van der Waals surface area (Å²) >= 11 is 0. The molecule has 0 saturated carbocycles. The van der Waals surface area contributed by atoms with E-state index in [0.29, 0.717) is 9.79 Å². The average Bonchev–Trinajstić information content (AvgIpc) is 3.37. The highest BCUT2D eigenvalue weighted by molar-refractivity contribution is 7.85. The van der Waals surface area contributed by atoms with Crippen molar-refractivity contribution in [1.82, 2.24) is 0 Å². The lowest BCUT2D eigenvalue weighted by atomic mass is 10.0. The second-order valence-corrected chi connectivity index (χ2v) is 23.2. The van der Waals surface area contributed by atoms with Gasteiger partial charge in [0.25, 0.3) is 0 Å². The molecular formula is C64H100N2O5S. The molecule has 4 rings (SSSR count). The van der Waals surface area contributed by atoms with E-state index in [1.807, 2.05) is 0 Å². The highest BCUT2D eigenvalue weighted by atomic mass is 32.2. The van der Waals surface area contributed by atoms with Crippen molar-refractivity contribution in [2.24, 2.45) is 0 Å². The summed E-state index contributed by atoms with van der Waals surface area (Å²) in [6.07, 6.45) is 40.4. The molecule has 0 bridgehead atoms. The minimum absolute atomic E-state index is 0.00181. The average molecular weight is 1010 g/mol. The predicted molar refractivity (Wildman–Crippen MR) is 301 cm³/mol. The highest BCUT2D eigenvalue weighted by Crippen LogP contribution is 2.20. The zero-order valence-electron chi connectivity index (χ0n) is 46.4. The van der Waals surface area contributed by atoms with Crippen LogP contribution in [-0.4, -0.2) is 66.4 Å². The summed E-state index contributed by atoms with van der Waals surface area (Å²) in [4.78, 5) is 22.0. The number of carboxylic acids is 2. The Bertz CT molecular complexity index is 1810. The van der Waals surface area contributed by atoms with E-state index in [9.17, 15) is 24.0 Å². The number of quaternary nitrogens is 2. The van der Waals surface area contributed by atoms with Gasteiger partial charge in [0.1, 0.15) is 13.1 Å². The number of nitrogens with zero attached hydrogens (tertiary/aromatic N) is 2. The second-order valence-electron chi connectivity index (χ2n) is 21.7. The van der Waals surface area contributed by atoms with Crippen LogP contribution in [0.25, 0.3) is 0 Å². The van der Waals surface area contributed by atoms with E-state index < -0.39 is 22.7 Å². The van der Waals surface area contributed by atoms with Crippen LogP contribution in [0.4, 0.5) is 0 Å². The molecule has 0 aromatic heterocycles. The number of hydrogen-bond donors (Lipinski definition) is 0. The van der Waals surface area contributed by atoms with E-state index in [1.165, 1.54) is 253 Å². The van der Waals surface area contributed by atoms with E-state index in [1.54, 1.807) is 0 Å². The Morgan fingerprint density at radius 1 is 0.361 bits per heavy atom. The molecule has 0 unspecified atom stereocenters. The van der Waals surface area contributed by atoms with Gasteiger partial charge < -0.3 is 28.8 Å². The zero-order valence-corrected chi connectivity index (χ0v) is 47.2. The van der Waals surface area contributed by atoms with Gasteiger partial charge in [-0.1, -0.05) is 253 Å². The molecule has 0 spiro atoms. The Morgan fingerprint density at radius 3 is 0.833 bits per heavy atom. The molecule has 0 amide bonds. The maximum absolute atomic E-state index is 12.2. The first-order chi connectivity index (χ1) is 34.8. The Balaban J connectivity index is 0.000000373. The molecule has 0 aliphatic rings. The van der Waals surface area contributed by atoms with Gasteiger partial charge in [0, 0.05) is 20.9 Å². The van der Waals surface area contributed by atoms with Crippen molar-refractivity contribution in [3.63, 3.8) is 0 Å². The van der Waals surface area contributed by atoms with Crippen LogP contribution < -0.4 is 10.2 Å². The summed E-state index contributed by atoms with van der Waals surface area (Å²) in [6.45, 7) is 9.49. The van der Waals surface area contributed by atoms with Gasteiger partial charge >= 0.3 is 0 Å². The van der Waals surface area contributed by atoms with Crippen LogP contribution in [0.3, 0.4) is 0 Å². The van der Waals surface area contributed by atoms with Crippen molar-refractivity contribution in [1.29, 1.82) is 0 Å². The monoisotopic (exact) mass is 1010 g/mol. The normalized spacial score (nSPS) is 11.4. The number of unbranched alkanes of at least 4 members (excludes halogenated alkanes) is 26. The Morgan fingerprint density at radius 2 is 0.597 bits per heavy atom. The molecule has 0 atom stereocenters. The number of aromatic carboxylic acids is 2. The summed E-state index contributed by atoms with van der Waals surface area (Å²) in [7, 11) is 7.96. The fourth-order valence-electron chi connectivity index (χ4n) is 9.35. The molecule has 0 saturated heterocycles. The summed E-state index contributed by atoms with van der Waals surface area (Å²) in [6, 6.07) is 32.8. The molecule has 0 aliphatic carbocycles. The van der Waals surface area contributed by atoms with Crippen molar-refractivity contribution >= 4 is 22.7 Å².